The molecule has 7 nitrogen and oxygen atoms in total. The zero-order valence-electron chi connectivity index (χ0n) is 12.9. The summed E-state index contributed by atoms with van der Waals surface area (Å²) in [5.74, 6) is -0.740. The number of aromatic nitrogens is 1. The fourth-order valence-corrected chi connectivity index (χ4v) is 2.22. The number of para-hydroxylation sites is 1. The zero-order valence-corrected chi connectivity index (χ0v) is 12.9. The average molecular weight is 316 g/mol. The minimum Gasteiger partial charge on any atom is -0.382 e. The Morgan fingerprint density at radius 2 is 2.09 bits per heavy atom. The van der Waals surface area contributed by atoms with Gasteiger partial charge in [-0.3, -0.25) is 14.6 Å². The minimum atomic E-state index is -0.779. The number of amides is 2. The number of rotatable bonds is 7. The normalized spacial score (nSPS) is 11.9. The average Bonchev–Trinajstić information content (AvgIpc) is 2.59. The summed E-state index contributed by atoms with van der Waals surface area (Å²) in [6, 6.07) is 8.82. The first-order valence-corrected chi connectivity index (χ1v) is 7.24. The van der Waals surface area contributed by atoms with Gasteiger partial charge < -0.3 is 21.1 Å². The molecule has 0 bridgehead atoms. The van der Waals surface area contributed by atoms with E-state index in [-0.39, 0.29) is 19.1 Å². The molecule has 1 unspecified atom stereocenters. The van der Waals surface area contributed by atoms with E-state index < -0.39 is 11.9 Å². The molecule has 0 radical (unpaired) electrons. The second kappa shape index (κ2) is 8.21. The highest BCUT2D eigenvalue weighted by Crippen LogP contribution is 2.15. The predicted octanol–water partition coefficient (Wildman–Crippen LogP) is -0.0591. The highest BCUT2D eigenvalue weighted by Gasteiger charge is 2.20. The van der Waals surface area contributed by atoms with Crippen LogP contribution in [-0.4, -0.2) is 43.1 Å². The van der Waals surface area contributed by atoms with Gasteiger partial charge in [0.1, 0.15) is 6.04 Å². The maximum absolute atomic E-state index is 12.2. The molecule has 0 spiro atoms. The number of hydrogen-bond donors (Lipinski definition) is 3. The van der Waals surface area contributed by atoms with E-state index in [0.717, 1.165) is 16.5 Å². The van der Waals surface area contributed by atoms with Gasteiger partial charge in [0.25, 0.3) is 0 Å². The molecule has 1 aromatic heterocycles. The Hall–Kier alpha value is -2.51. The molecular weight excluding hydrogens is 296 g/mol. The van der Waals surface area contributed by atoms with Gasteiger partial charge in [0.2, 0.25) is 11.8 Å². The summed E-state index contributed by atoms with van der Waals surface area (Å²) < 4.78 is 4.96. The van der Waals surface area contributed by atoms with E-state index in [2.05, 4.69) is 15.6 Å². The van der Waals surface area contributed by atoms with E-state index in [4.69, 9.17) is 10.5 Å². The molecule has 7 heteroatoms. The number of carbonyl (C=O) groups excluding carboxylic acids is 2. The van der Waals surface area contributed by atoms with Crippen molar-refractivity contribution in [1.29, 1.82) is 0 Å². The molecule has 0 saturated carbocycles. The number of methoxy groups -OCH3 is 1. The van der Waals surface area contributed by atoms with Gasteiger partial charge in [0.15, 0.2) is 0 Å². The Kier molecular flexibility index (Phi) is 6.02. The molecule has 0 saturated heterocycles. The molecule has 4 N–H and O–H groups in total. The number of benzene rings is 1. The van der Waals surface area contributed by atoms with Crippen LogP contribution in [0.4, 0.5) is 0 Å². The molecule has 23 heavy (non-hydrogen) atoms. The van der Waals surface area contributed by atoms with Gasteiger partial charge in [-0.05, 0) is 11.6 Å². The van der Waals surface area contributed by atoms with Crippen LogP contribution >= 0.6 is 0 Å². The van der Waals surface area contributed by atoms with Crippen molar-refractivity contribution in [3.63, 3.8) is 0 Å². The zero-order chi connectivity index (χ0) is 16.7. The van der Waals surface area contributed by atoms with Gasteiger partial charge in [0.05, 0.1) is 18.7 Å². The van der Waals surface area contributed by atoms with Crippen molar-refractivity contribution in [1.82, 2.24) is 15.6 Å². The van der Waals surface area contributed by atoms with Crippen LogP contribution in [0.15, 0.2) is 36.5 Å². The Bertz CT molecular complexity index is 685. The van der Waals surface area contributed by atoms with Crippen LogP contribution < -0.4 is 16.4 Å². The standard InChI is InChI=1S/C16H20N4O3/c1-23-10-13(20-14(21)8-17)16(22)19-9-12-5-2-4-11-6-3-7-18-15(11)12/h2-7,13H,8-10,17H2,1H3,(H,19,22)(H,20,21). The summed E-state index contributed by atoms with van der Waals surface area (Å²) in [4.78, 5) is 27.9. The van der Waals surface area contributed by atoms with Crippen molar-refractivity contribution >= 4 is 22.7 Å². The Labute approximate surface area is 134 Å². The first kappa shape index (κ1) is 16.9. The Balaban J connectivity index is 2.05. The second-order valence-electron chi connectivity index (χ2n) is 4.99. The predicted molar refractivity (Wildman–Crippen MR) is 86.5 cm³/mol. The molecule has 0 fully saturated rings. The van der Waals surface area contributed by atoms with Gasteiger partial charge in [-0.15, -0.1) is 0 Å². The Morgan fingerprint density at radius 3 is 2.83 bits per heavy atom. The number of carbonyl (C=O) groups is 2. The maximum atomic E-state index is 12.2. The molecule has 1 atom stereocenters. The highest BCUT2D eigenvalue weighted by atomic mass is 16.5. The molecule has 0 aliphatic rings. The van der Waals surface area contributed by atoms with E-state index in [0.29, 0.717) is 6.54 Å². The number of fused-ring (bicyclic) bond motifs is 1. The summed E-state index contributed by atoms with van der Waals surface area (Å²) in [7, 11) is 1.46. The van der Waals surface area contributed by atoms with Crippen molar-refractivity contribution in [2.75, 3.05) is 20.3 Å². The van der Waals surface area contributed by atoms with E-state index in [1.807, 2.05) is 30.3 Å². The fraction of sp³-hybridized carbons (Fsp3) is 0.312. The number of hydrogen-bond acceptors (Lipinski definition) is 5. The van der Waals surface area contributed by atoms with Crippen LogP contribution in [-0.2, 0) is 20.9 Å². The molecule has 0 aliphatic carbocycles. The Morgan fingerprint density at radius 1 is 1.30 bits per heavy atom. The van der Waals surface area contributed by atoms with Crippen molar-refractivity contribution in [3.8, 4) is 0 Å². The fourth-order valence-electron chi connectivity index (χ4n) is 2.22. The topological polar surface area (TPSA) is 106 Å². The van der Waals surface area contributed by atoms with Gasteiger partial charge >= 0.3 is 0 Å². The van der Waals surface area contributed by atoms with E-state index in [1.165, 1.54) is 7.11 Å². The number of ether oxygens (including phenoxy) is 1. The van der Waals surface area contributed by atoms with Crippen LogP contribution in [0, 0.1) is 0 Å². The minimum absolute atomic E-state index is 0.0748. The smallest absolute Gasteiger partial charge is 0.245 e. The van der Waals surface area contributed by atoms with Crippen LogP contribution in [0.2, 0.25) is 0 Å². The summed E-state index contributed by atoms with van der Waals surface area (Å²) in [6.07, 6.45) is 1.71. The largest absolute Gasteiger partial charge is 0.382 e. The van der Waals surface area contributed by atoms with Crippen LogP contribution in [0.3, 0.4) is 0 Å². The van der Waals surface area contributed by atoms with Gasteiger partial charge in [-0.25, -0.2) is 0 Å². The van der Waals surface area contributed by atoms with Crippen molar-refractivity contribution in [2.24, 2.45) is 5.73 Å². The molecule has 2 rings (SSSR count). The first-order chi connectivity index (χ1) is 11.2. The third-order valence-electron chi connectivity index (χ3n) is 3.34. The lowest BCUT2D eigenvalue weighted by atomic mass is 10.1. The van der Waals surface area contributed by atoms with E-state index in [9.17, 15) is 9.59 Å². The molecule has 1 heterocycles. The molecular formula is C16H20N4O3. The van der Waals surface area contributed by atoms with Crippen LogP contribution in [0.1, 0.15) is 5.56 Å². The SMILES string of the molecule is COCC(NC(=O)CN)C(=O)NCc1cccc2cccnc12. The molecule has 1 aromatic carbocycles. The van der Waals surface area contributed by atoms with Crippen LogP contribution in [0.5, 0.6) is 0 Å². The summed E-state index contributed by atoms with van der Waals surface area (Å²) in [5, 5.41) is 6.32. The third kappa shape index (κ3) is 4.48. The summed E-state index contributed by atoms with van der Waals surface area (Å²) in [5.41, 5.74) is 6.99. The molecule has 122 valence electrons. The lowest BCUT2D eigenvalue weighted by Crippen LogP contribution is -2.50. The number of nitrogens with two attached hydrogens (primary N) is 1. The van der Waals surface area contributed by atoms with Crippen molar-refractivity contribution < 1.29 is 14.3 Å². The van der Waals surface area contributed by atoms with Crippen molar-refractivity contribution in [2.45, 2.75) is 12.6 Å². The molecule has 2 amide bonds. The van der Waals surface area contributed by atoms with Crippen molar-refractivity contribution in [3.05, 3.63) is 42.1 Å². The van der Waals surface area contributed by atoms with E-state index in [1.54, 1.807) is 6.20 Å². The van der Waals surface area contributed by atoms with Crippen LogP contribution in [0.25, 0.3) is 10.9 Å². The lowest BCUT2D eigenvalue weighted by Gasteiger charge is -2.17. The number of pyridine rings is 1. The maximum Gasteiger partial charge on any atom is 0.245 e. The summed E-state index contributed by atoms with van der Waals surface area (Å²) >= 11 is 0. The van der Waals surface area contributed by atoms with Gasteiger partial charge in [0, 0.05) is 25.2 Å². The number of nitrogens with one attached hydrogen (secondary N) is 2. The monoisotopic (exact) mass is 316 g/mol. The first-order valence-electron chi connectivity index (χ1n) is 7.24. The van der Waals surface area contributed by atoms with E-state index >= 15 is 0 Å². The lowest BCUT2D eigenvalue weighted by molar-refractivity contribution is -0.129. The third-order valence-corrected chi connectivity index (χ3v) is 3.34. The quantitative estimate of drug-likeness (QED) is 0.663. The highest BCUT2D eigenvalue weighted by molar-refractivity contribution is 5.89. The molecule has 0 aliphatic heterocycles. The molecule has 2 aromatic rings. The second-order valence-corrected chi connectivity index (χ2v) is 4.99. The summed E-state index contributed by atoms with van der Waals surface area (Å²) in [6.45, 7) is 0.206. The van der Waals surface area contributed by atoms with Gasteiger partial charge in [-0.1, -0.05) is 24.3 Å². The van der Waals surface area contributed by atoms with Gasteiger partial charge in [-0.2, -0.15) is 0 Å². The number of nitrogens with zero attached hydrogens (tertiary/aromatic N) is 1.